The van der Waals surface area contributed by atoms with Crippen molar-refractivity contribution in [1.82, 2.24) is 20.0 Å². The highest BCUT2D eigenvalue weighted by atomic mass is 35.5. The summed E-state index contributed by atoms with van der Waals surface area (Å²) in [5.74, 6) is 0.590. The number of nitrogens with one attached hydrogen (secondary N) is 1. The van der Waals surface area contributed by atoms with E-state index >= 15 is 0 Å². The second kappa shape index (κ2) is 8.59. The highest BCUT2D eigenvalue weighted by molar-refractivity contribution is 5.85. The smallest absolute Gasteiger partial charge is 0.0700 e. The molecule has 5 nitrogen and oxygen atoms in total. The maximum absolute atomic E-state index is 6.28. The van der Waals surface area contributed by atoms with Crippen LogP contribution < -0.4 is 5.32 Å². The standard InChI is InChI=1S/C20H36N4O.ClH/c1-19(2)14-20(25-15-19)8-6-16(7-9-20)18-17(13-24(5)22-18)12-23(4)11-10-21-3;/h13,16,21H,6-12,14-15H2,1-5H3;1H/t16-,20-;. The van der Waals surface area contributed by atoms with E-state index in [-0.39, 0.29) is 18.0 Å². The number of ether oxygens (including phenoxy) is 1. The molecule has 1 saturated carbocycles. The van der Waals surface area contributed by atoms with Gasteiger partial charge in [0.25, 0.3) is 0 Å². The van der Waals surface area contributed by atoms with Gasteiger partial charge in [0, 0.05) is 44.4 Å². The summed E-state index contributed by atoms with van der Waals surface area (Å²) in [5, 5.41) is 8.07. The third-order valence-corrected chi connectivity index (χ3v) is 5.97. The fourth-order valence-electron chi connectivity index (χ4n) is 4.75. The summed E-state index contributed by atoms with van der Waals surface area (Å²) >= 11 is 0. The minimum Gasteiger partial charge on any atom is -0.374 e. The Bertz CT molecular complexity index is 578. The summed E-state index contributed by atoms with van der Waals surface area (Å²) < 4.78 is 8.28. The molecular formula is C20H37ClN4O. The van der Waals surface area contributed by atoms with Gasteiger partial charge in [0.15, 0.2) is 0 Å². The van der Waals surface area contributed by atoms with Gasteiger partial charge in [0.05, 0.1) is 17.9 Å². The van der Waals surface area contributed by atoms with Crippen molar-refractivity contribution in [3.63, 3.8) is 0 Å². The molecule has 150 valence electrons. The van der Waals surface area contributed by atoms with Gasteiger partial charge in [-0.3, -0.25) is 4.68 Å². The van der Waals surface area contributed by atoms with E-state index < -0.39 is 0 Å². The predicted octanol–water partition coefficient (Wildman–Crippen LogP) is 3.34. The van der Waals surface area contributed by atoms with Crippen molar-refractivity contribution in [2.75, 3.05) is 33.8 Å². The Morgan fingerprint density at radius 3 is 2.62 bits per heavy atom. The van der Waals surface area contributed by atoms with Crippen molar-refractivity contribution in [1.29, 1.82) is 0 Å². The molecule has 1 saturated heterocycles. The van der Waals surface area contributed by atoms with Crippen LogP contribution in [0.4, 0.5) is 0 Å². The topological polar surface area (TPSA) is 42.3 Å². The van der Waals surface area contributed by atoms with Crippen LogP contribution in [-0.4, -0.2) is 54.1 Å². The average molecular weight is 385 g/mol. The van der Waals surface area contributed by atoms with Crippen LogP contribution in [0.2, 0.25) is 0 Å². The van der Waals surface area contributed by atoms with Crippen LogP contribution in [0.5, 0.6) is 0 Å². The van der Waals surface area contributed by atoms with Gasteiger partial charge in [-0.25, -0.2) is 0 Å². The summed E-state index contributed by atoms with van der Waals surface area (Å²) in [4.78, 5) is 2.38. The molecule has 1 spiro atoms. The van der Waals surface area contributed by atoms with E-state index in [9.17, 15) is 0 Å². The molecule has 1 aliphatic heterocycles. The molecule has 0 atom stereocenters. The molecule has 0 unspecified atom stereocenters. The average Bonchev–Trinajstić information content (AvgIpc) is 3.06. The van der Waals surface area contributed by atoms with Gasteiger partial charge in [-0.1, -0.05) is 13.8 Å². The van der Waals surface area contributed by atoms with E-state index in [1.54, 1.807) is 0 Å². The fraction of sp³-hybridized carbons (Fsp3) is 0.850. The molecule has 2 aliphatic rings. The van der Waals surface area contributed by atoms with Gasteiger partial charge in [-0.05, 0) is 51.6 Å². The highest BCUT2D eigenvalue weighted by Gasteiger charge is 2.46. The number of nitrogens with zero attached hydrogens (tertiary/aromatic N) is 3. The fourth-order valence-corrected chi connectivity index (χ4v) is 4.75. The van der Waals surface area contributed by atoms with Gasteiger partial charge >= 0.3 is 0 Å². The SMILES string of the molecule is CNCCN(C)Cc1cn(C)nc1[C@H]1CC[C@]2(CC1)CC(C)(C)CO2.Cl. The first-order valence-electron chi connectivity index (χ1n) is 9.82. The lowest BCUT2D eigenvalue weighted by atomic mass is 9.72. The van der Waals surface area contributed by atoms with Crippen LogP contribution in [0.1, 0.15) is 63.1 Å². The normalized spacial score (nSPS) is 27.8. The van der Waals surface area contributed by atoms with E-state index in [0.29, 0.717) is 11.3 Å². The number of aryl methyl sites for hydroxylation is 1. The summed E-state index contributed by atoms with van der Waals surface area (Å²) in [5.41, 5.74) is 3.22. The van der Waals surface area contributed by atoms with Crippen molar-refractivity contribution in [3.8, 4) is 0 Å². The Labute approximate surface area is 165 Å². The highest BCUT2D eigenvalue weighted by Crippen LogP contribution is 2.49. The lowest BCUT2D eigenvalue weighted by Crippen LogP contribution is -2.34. The van der Waals surface area contributed by atoms with E-state index in [2.05, 4.69) is 37.3 Å². The molecule has 26 heavy (non-hydrogen) atoms. The third-order valence-electron chi connectivity index (χ3n) is 5.97. The number of hydrogen-bond acceptors (Lipinski definition) is 4. The molecule has 0 amide bonds. The lowest BCUT2D eigenvalue weighted by Gasteiger charge is -2.37. The number of rotatable bonds is 6. The molecule has 1 N–H and O–H groups in total. The van der Waals surface area contributed by atoms with Crippen LogP contribution in [0.15, 0.2) is 6.20 Å². The van der Waals surface area contributed by atoms with E-state index in [1.807, 2.05) is 18.8 Å². The number of aromatic nitrogens is 2. The monoisotopic (exact) mass is 384 g/mol. The van der Waals surface area contributed by atoms with Gasteiger partial charge in [-0.15, -0.1) is 12.4 Å². The molecule has 0 radical (unpaired) electrons. The molecule has 0 aromatic carbocycles. The van der Waals surface area contributed by atoms with Crippen molar-refractivity contribution < 1.29 is 4.74 Å². The molecule has 1 aromatic heterocycles. The zero-order valence-electron chi connectivity index (χ0n) is 17.2. The molecule has 1 aromatic rings. The Hall–Kier alpha value is -0.620. The molecule has 6 heteroatoms. The van der Waals surface area contributed by atoms with Crippen LogP contribution in [0.3, 0.4) is 0 Å². The van der Waals surface area contributed by atoms with E-state index in [0.717, 1.165) is 26.2 Å². The quantitative estimate of drug-likeness (QED) is 0.816. The third kappa shape index (κ3) is 5.00. The molecule has 0 bridgehead atoms. The van der Waals surface area contributed by atoms with Gasteiger partial charge in [0.1, 0.15) is 0 Å². The number of halogens is 1. The second-order valence-electron chi connectivity index (χ2n) is 9.14. The zero-order valence-corrected chi connectivity index (χ0v) is 18.0. The predicted molar refractivity (Wildman–Crippen MR) is 109 cm³/mol. The zero-order chi connectivity index (χ0) is 18.1. The Morgan fingerprint density at radius 1 is 1.35 bits per heavy atom. The molecule has 2 heterocycles. The van der Waals surface area contributed by atoms with E-state index in [4.69, 9.17) is 9.84 Å². The first-order valence-corrected chi connectivity index (χ1v) is 9.82. The number of likely N-dealkylation sites (N-methyl/N-ethyl adjacent to an activating group) is 2. The van der Waals surface area contributed by atoms with Gasteiger partial charge in [0.2, 0.25) is 0 Å². The van der Waals surface area contributed by atoms with Crippen LogP contribution in [0.25, 0.3) is 0 Å². The summed E-state index contributed by atoms with van der Waals surface area (Å²) in [7, 11) is 6.25. The van der Waals surface area contributed by atoms with Crippen molar-refractivity contribution in [3.05, 3.63) is 17.5 Å². The largest absolute Gasteiger partial charge is 0.374 e. The second-order valence-corrected chi connectivity index (χ2v) is 9.14. The first kappa shape index (κ1) is 21.7. The first-order chi connectivity index (χ1) is 11.8. The maximum Gasteiger partial charge on any atom is 0.0700 e. The Morgan fingerprint density at radius 2 is 2.04 bits per heavy atom. The Kier molecular flexibility index (Phi) is 7.16. The molecular weight excluding hydrogens is 348 g/mol. The minimum atomic E-state index is 0. The number of hydrogen-bond donors (Lipinski definition) is 1. The Balaban J connectivity index is 0.00000243. The summed E-state index contributed by atoms with van der Waals surface area (Å²) in [6, 6.07) is 0. The van der Waals surface area contributed by atoms with Crippen LogP contribution >= 0.6 is 12.4 Å². The summed E-state index contributed by atoms with van der Waals surface area (Å²) in [6.45, 7) is 8.66. The van der Waals surface area contributed by atoms with Gasteiger partial charge < -0.3 is 15.0 Å². The van der Waals surface area contributed by atoms with Gasteiger partial charge in [-0.2, -0.15) is 5.10 Å². The molecule has 3 rings (SSSR count). The molecule has 2 fully saturated rings. The maximum atomic E-state index is 6.28. The van der Waals surface area contributed by atoms with Crippen molar-refractivity contribution in [2.24, 2.45) is 12.5 Å². The van der Waals surface area contributed by atoms with E-state index in [1.165, 1.54) is 43.4 Å². The minimum absolute atomic E-state index is 0. The lowest BCUT2D eigenvalue weighted by molar-refractivity contribution is -0.0296. The molecule has 1 aliphatic carbocycles. The summed E-state index contributed by atoms with van der Waals surface area (Å²) in [6.07, 6.45) is 8.22. The van der Waals surface area contributed by atoms with Crippen LogP contribution in [-0.2, 0) is 18.3 Å². The van der Waals surface area contributed by atoms with Crippen LogP contribution in [0, 0.1) is 5.41 Å². The van der Waals surface area contributed by atoms with Crippen molar-refractivity contribution in [2.45, 2.75) is 64.0 Å². The van der Waals surface area contributed by atoms with Crippen molar-refractivity contribution >= 4 is 12.4 Å².